The van der Waals surface area contributed by atoms with Crippen LogP contribution >= 0.6 is 0 Å². The summed E-state index contributed by atoms with van der Waals surface area (Å²) in [5.74, 6) is -1.24. The van der Waals surface area contributed by atoms with Crippen molar-refractivity contribution in [2.45, 2.75) is 0 Å². The van der Waals surface area contributed by atoms with Crippen molar-refractivity contribution in [1.82, 2.24) is 15.1 Å². The second-order valence-corrected chi connectivity index (χ2v) is 4.47. The highest BCUT2D eigenvalue weighted by Crippen LogP contribution is 2.14. The van der Waals surface area contributed by atoms with Crippen molar-refractivity contribution < 1.29 is 18.7 Å². The minimum Gasteiger partial charge on any atom is -0.479 e. The quantitative estimate of drug-likeness (QED) is 0.861. The molecular weight excluding hydrogens is 291 g/mol. The molecule has 0 aliphatic carbocycles. The first-order valence-corrected chi connectivity index (χ1v) is 6.41. The Bertz CT molecular complexity index is 699. The zero-order valence-electron chi connectivity index (χ0n) is 12.1. The number of benzene rings is 1. The number of rotatable bonds is 5. The summed E-state index contributed by atoms with van der Waals surface area (Å²) in [6, 6.07) is 5.48. The number of ether oxygens (including phenoxy) is 1. The predicted molar refractivity (Wildman–Crippen MR) is 77.1 cm³/mol. The van der Waals surface area contributed by atoms with Gasteiger partial charge in [-0.25, -0.2) is 4.39 Å². The van der Waals surface area contributed by atoms with Gasteiger partial charge in [-0.15, -0.1) is 5.10 Å². The molecule has 0 spiro atoms. The third-order valence-corrected chi connectivity index (χ3v) is 2.75. The number of amides is 2. The zero-order valence-corrected chi connectivity index (χ0v) is 12.1. The van der Waals surface area contributed by atoms with Crippen LogP contribution in [0, 0.1) is 5.82 Å². The van der Waals surface area contributed by atoms with Gasteiger partial charge in [0, 0.05) is 18.9 Å². The molecule has 0 saturated carbocycles. The number of aromatic nitrogens is 2. The van der Waals surface area contributed by atoms with E-state index in [1.165, 1.54) is 36.2 Å². The van der Waals surface area contributed by atoms with E-state index in [1.807, 2.05) is 0 Å². The molecule has 0 saturated heterocycles. The Morgan fingerprint density at radius 2 is 2.18 bits per heavy atom. The zero-order chi connectivity index (χ0) is 16.1. The fourth-order valence-electron chi connectivity index (χ4n) is 1.80. The highest BCUT2D eigenvalue weighted by Gasteiger charge is 2.16. The van der Waals surface area contributed by atoms with E-state index < -0.39 is 17.6 Å². The van der Waals surface area contributed by atoms with Crippen molar-refractivity contribution in [2.75, 3.05) is 19.0 Å². The Hall–Kier alpha value is -2.90. The Kier molecular flexibility index (Phi) is 4.72. The van der Waals surface area contributed by atoms with E-state index in [9.17, 15) is 14.0 Å². The lowest BCUT2D eigenvalue weighted by Gasteiger charge is -2.06. The van der Waals surface area contributed by atoms with Gasteiger partial charge >= 0.3 is 0 Å². The molecule has 2 N–H and O–H groups in total. The Labute approximate surface area is 126 Å². The molecule has 0 atom stereocenters. The normalized spacial score (nSPS) is 10.1. The van der Waals surface area contributed by atoms with Crippen LogP contribution < -0.4 is 15.4 Å². The molecule has 0 aliphatic heterocycles. The molecule has 2 rings (SSSR count). The van der Waals surface area contributed by atoms with E-state index in [4.69, 9.17) is 4.74 Å². The monoisotopic (exact) mass is 306 g/mol. The smallest absolute Gasteiger partial charge is 0.258 e. The molecule has 2 aromatic rings. The molecule has 0 bridgehead atoms. The van der Waals surface area contributed by atoms with E-state index in [-0.39, 0.29) is 18.0 Å². The fraction of sp³-hybridized carbons (Fsp3) is 0.214. The minimum absolute atomic E-state index is 0.172. The molecule has 8 heteroatoms. The van der Waals surface area contributed by atoms with Crippen molar-refractivity contribution in [3.8, 4) is 5.88 Å². The second kappa shape index (κ2) is 6.70. The number of hydrogen-bond donors (Lipinski definition) is 2. The van der Waals surface area contributed by atoms with Gasteiger partial charge < -0.3 is 15.4 Å². The van der Waals surface area contributed by atoms with E-state index >= 15 is 0 Å². The molecule has 0 fully saturated rings. The van der Waals surface area contributed by atoms with Crippen molar-refractivity contribution >= 4 is 17.5 Å². The van der Waals surface area contributed by atoms with Crippen LogP contribution in [0.3, 0.4) is 0 Å². The maximum Gasteiger partial charge on any atom is 0.258 e. The molecule has 116 valence electrons. The van der Waals surface area contributed by atoms with Crippen LogP contribution in [0.15, 0.2) is 30.5 Å². The molecule has 1 heterocycles. The van der Waals surface area contributed by atoms with Gasteiger partial charge in [0.25, 0.3) is 5.91 Å². The van der Waals surface area contributed by atoms with Crippen LogP contribution in [0.4, 0.5) is 10.1 Å². The number of hydrogen-bond acceptors (Lipinski definition) is 4. The van der Waals surface area contributed by atoms with Gasteiger partial charge in [-0.3, -0.25) is 14.3 Å². The van der Waals surface area contributed by atoms with E-state index in [0.29, 0.717) is 5.69 Å². The first kappa shape index (κ1) is 15.5. The predicted octanol–water partition coefficient (Wildman–Crippen LogP) is 0.936. The third kappa shape index (κ3) is 3.81. The van der Waals surface area contributed by atoms with Crippen LogP contribution in [0.1, 0.15) is 10.4 Å². The van der Waals surface area contributed by atoms with Crippen LogP contribution in [-0.4, -0.2) is 35.2 Å². The van der Waals surface area contributed by atoms with Gasteiger partial charge in [0.05, 0.1) is 13.7 Å². The highest BCUT2D eigenvalue weighted by molar-refractivity contribution is 6.00. The molecular formula is C14H15FN4O3. The number of methoxy groups -OCH3 is 1. The SMILES string of the molecule is COc1nn(C)cc1C(=O)NCC(=O)Nc1cccc(F)c1. The number of carbonyl (C=O) groups excluding carboxylic acids is 2. The minimum atomic E-state index is -0.487. The van der Waals surface area contributed by atoms with Gasteiger partial charge in [-0.2, -0.15) is 0 Å². The third-order valence-electron chi connectivity index (χ3n) is 2.75. The maximum atomic E-state index is 13.0. The number of halogens is 1. The highest BCUT2D eigenvalue weighted by atomic mass is 19.1. The molecule has 1 aromatic heterocycles. The largest absolute Gasteiger partial charge is 0.479 e. The summed E-state index contributed by atoms with van der Waals surface area (Å²) >= 11 is 0. The van der Waals surface area contributed by atoms with Gasteiger partial charge in [0.2, 0.25) is 11.8 Å². The Morgan fingerprint density at radius 1 is 1.41 bits per heavy atom. The number of nitrogens with one attached hydrogen (secondary N) is 2. The Morgan fingerprint density at radius 3 is 2.86 bits per heavy atom. The molecule has 2 amide bonds. The van der Waals surface area contributed by atoms with E-state index in [2.05, 4.69) is 15.7 Å². The van der Waals surface area contributed by atoms with Gasteiger partial charge in [-0.05, 0) is 18.2 Å². The lowest BCUT2D eigenvalue weighted by molar-refractivity contribution is -0.115. The molecule has 0 unspecified atom stereocenters. The number of anilines is 1. The number of nitrogens with zero attached hydrogens (tertiary/aromatic N) is 2. The summed E-state index contributed by atoms with van der Waals surface area (Å²) in [4.78, 5) is 23.7. The summed E-state index contributed by atoms with van der Waals surface area (Å²) in [7, 11) is 3.05. The summed E-state index contributed by atoms with van der Waals surface area (Å²) < 4.78 is 19.4. The molecule has 22 heavy (non-hydrogen) atoms. The van der Waals surface area contributed by atoms with Crippen molar-refractivity contribution in [3.63, 3.8) is 0 Å². The molecule has 1 aromatic carbocycles. The van der Waals surface area contributed by atoms with Crippen LogP contribution in [-0.2, 0) is 11.8 Å². The average Bonchev–Trinajstić information content (AvgIpc) is 2.86. The first-order chi connectivity index (χ1) is 10.5. The first-order valence-electron chi connectivity index (χ1n) is 6.41. The van der Waals surface area contributed by atoms with Gasteiger partial charge in [-0.1, -0.05) is 6.07 Å². The Balaban J connectivity index is 1.92. The van der Waals surface area contributed by atoms with Crippen LogP contribution in [0.2, 0.25) is 0 Å². The summed E-state index contributed by atoms with van der Waals surface area (Å²) in [6.45, 7) is -0.257. The summed E-state index contributed by atoms with van der Waals surface area (Å²) in [5.41, 5.74) is 0.543. The maximum absolute atomic E-state index is 13.0. The summed E-state index contributed by atoms with van der Waals surface area (Å²) in [5, 5.41) is 8.87. The van der Waals surface area contributed by atoms with Crippen molar-refractivity contribution in [3.05, 3.63) is 41.8 Å². The lowest BCUT2D eigenvalue weighted by atomic mass is 10.3. The standard InChI is InChI=1S/C14H15FN4O3/c1-19-8-11(14(18-19)22-2)13(21)16-7-12(20)17-10-5-3-4-9(15)6-10/h3-6,8H,7H2,1-2H3,(H,16,21)(H,17,20). The second-order valence-electron chi connectivity index (χ2n) is 4.47. The lowest BCUT2D eigenvalue weighted by Crippen LogP contribution is -2.32. The molecule has 0 aliphatic rings. The summed E-state index contributed by atoms with van der Waals surface area (Å²) in [6.07, 6.45) is 1.48. The topological polar surface area (TPSA) is 85.2 Å². The van der Waals surface area contributed by atoms with Crippen LogP contribution in [0.5, 0.6) is 5.88 Å². The van der Waals surface area contributed by atoms with Gasteiger partial charge in [0.1, 0.15) is 11.4 Å². The number of carbonyl (C=O) groups is 2. The molecule has 0 radical (unpaired) electrons. The molecule has 7 nitrogen and oxygen atoms in total. The van der Waals surface area contributed by atoms with Crippen molar-refractivity contribution in [1.29, 1.82) is 0 Å². The van der Waals surface area contributed by atoms with Gasteiger partial charge in [0.15, 0.2) is 0 Å². The average molecular weight is 306 g/mol. The van der Waals surface area contributed by atoms with E-state index in [0.717, 1.165) is 0 Å². The fourth-order valence-corrected chi connectivity index (χ4v) is 1.80. The van der Waals surface area contributed by atoms with Crippen molar-refractivity contribution in [2.24, 2.45) is 7.05 Å². The number of aryl methyl sites for hydroxylation is 1. The van der Waals surface area contributed by atoms with E-state index in [1.54, 1.807) is 13.1 Å². The van der Waals surface area contributed by atoms with Crippen LogP contribution in [0.25, 0.3) is 0 Å².